The summed E-state index contributed by atoms with van der Waals surface area (Å²) in [6, 6.07) is 62.9. The minimum Gasteiger partial charge on any atom is -0.455 e. The van der Waals surface area contributed by atoms with Gasteiger partial charge in [-0.1, -0.05) is 172 Å². The van der Waals surface area contributed by atoms with E-state index in [2.05, 4.69) is 184 Å². The largest absolute Gasteiger partial charge is 0.455 e. The molecular weight excluding hydrogens is 731 g/mol. The van der Waals surface area contributed by atoms with Crippen molar-refractivity contribution in [2.24, 2.45) is 0 Å². The SMILES string of the molecule is CC1(C)c2ccccc2-c2c1cc(-c1nc(-c3ccc4ccc5c6ccccc6c6ccccc6c5c4c3)nc(-c3cccc4ccccc34)n1)c1c2oc2ccccc21. The maximum atomic E-state index is 6.88. The van der Waals surface area contributed by atoms with Crippen LogP contribution in [0.4, 0.5) is 0 Å². The predicted molar refractivity (Wildman–Crippen MR) is 249 cm³/mol. The number of rotatable bonds is 3. The van der Waals surface area contributed by atoms with E-state index in [1.165, 1.54) is 59.8 Å². The van der Waals surface area contributed by atoms with E-state index < -0.39 is 0 Å². The maximum Gasteiger partial charge on any atom is 0.164 e. The fourth-order valence-electron chi connectivity index (χ4n) is 10.3. The number of hydrogen-bond donors (Lipinski definition) is 0. The number of benzene rings is 10. The van der Waals surface area contributed by atoms with Gasteiger partial charge < -0.3 is 4.42 Å². The molecule has 0 unspecified atom stereocenters. The lowest BCUT2D eigenvalue weighted by molar-refractivity contribution is 0.653. The summed E-state index contributed by atoms with van der Waals surface area (Å²) in [6.07, 6.45) is 0. The molecule has 4 heteroatoms. The molecule has 0 N–H and O–H groups in total. The molecule has 12 aromatic rings. The van der Waals surface area contributed by atoms with Gasteiger partial charge in [-0.05, 0) is 88.8 Å². The van der Waals surface area contributed by atoms with Gasteiger partial charge in [0.2, 0.25) is 0 Å². The number of aromatic nitrogens is 3. The molecule has 60 heavy (non-hydrogen) atoms. The second-order valence-corrected chi connectivity index (χ2v) is 16.7. The van der Waals surface area contributed by atoms with Crippen LogP contribution in [0.25, 0.3) is 121 Å². The summed E-state index contributed by atoms with van der Waals surface area (Å²) in [5.74, 6) is 1.87. The van der Waals surface area contributed by atoms with Crippen LogP contribution in [0.3, 0.4) is 0 Å². The molecule has 0 amide bonds. The monoisotopic (exact) mass is 765 g/mol. The molecule has 2 heterocycles. The summed E-state index contributed by atoms with van der Waals surface area (Å²) in [5, 5.41) is 14.1. The van der Waals surface area contributed by atoms with Crippen molar-refractivity contribution in [3.8, 4) is 45.3 Å². The van der Waals surface area contributed by atoms with Crippen LogP contribution >= 0.6 is 0 Å². The standard InChI is InChI=1S/C56H35N3O/c1-56(2)46-24-11-9-21-42(46)51-47(56)31-45(50-43-22-10-12-25-48(43)60-52(50)51)55-58-53(57-54(59-55)41-23-13-15-32-14-3-4-16-35(32)41)34-27-26-33-28-29-40-38-19-6-5-17-36(38)37-18-7-8-20-39(37)49(40)44(33)30-34/h3-31H,1-2H3. The highest BCUT2D eigenvalue weighted by molar-refractivity contribution is 6.31. The topological polar surface area (TPSA) is 51.8 Å². The highest BCUT2D eigenvalue weighted by Crippen LogP contribution is 2.54. The van der Waals surface area contributed by atoms with Gasteiger partial charge in [-0.2, -0.15) is 0 Å². The maximum absolute atomic E-state index is 6.88. The molecule has 10 aromatic carbocycles. The van der Waals surface area contributed by atoms with Gasteiger partial charge in [0.05, 0.1) is 0 Å². The van der Waals surface area contributed by atoms with E-state index in [0.717, 1.165) is 55.0 Å². The number of nitrogens with zero attached hydrogens (tertiary/aromatic N) is 3. The zero-order chi connectivity index (χ0) is 39.7. The van der Waals surface area contributed by atoms with E-state index in [-0.39, 0.29) is 5.41 Å². The Morgan fingerprint density at radius 2 is 0.950 bits per heavy atom. The van der Waals surface area contributed by atoms with Crippen molar-refractivity contribution in [3.63, 3.8) is 0 Å². The quantitative estimate of drug-likeness (QED) is 0.168. The molecule has 0 spiro atoms. The Labute approximate surface area is 345 Å². The average Bonchev–Trinajstić information content (AvgIpc) is 3.80. The van der Waals surface area contributed by atoms with Crippen LogP contribution in [-0.2, 0) is 5.41 Å². The van der Waals surface area contributed by atoms with Crippen molar-refractivity contribution in [3.05, 3.63) is 187 Å². The Kier molecular flexibility index (Phi) is 6.75. The summed E-state index contributed by atoms with van der Waals surface area (Å²) in [7, 11) is 0. The number of fused-ring (bicyclic) bond motifs is 16. The predicted octanol–water partition coefficient (Wildman–Crippen LogP) is 14.8. The highest BCUT2D eigenvalue weighted by atomic mass is 16.3. The first-order valence-electron chi connectivity index (χ1n) is 20.6. The van der Waals surface area contributed by atoms with E-state index in [9.17, 15) is 0 Å². The highest BCUT2D eigenvalue weighted by Gasteiger charge is 2.39. The van der Waals surface area contributed by atoms with Crippen molar-refractivity contribution in [1.29, 1.82) is 0 Å². The lowest BCUT2D eigenvalue weighted by Gasteiger charge is -2.22. The van der Waals surface area contributed by atoms with Crippen molar-refractivity contribution in [1.82, 2.24) is 15.0 Å². The van der Waals surface area contributed by atoms with Gasteiger partial charge in [0.1, 0.15) is 11.2 Å². The van der Waals surface area contributed by atoms with Crippen LogP contribution < -0.4 is 0 Å². The molecule has 0 atom stereocenters. The Morgan fingerprint density at radius 3 is 1.77 bits per heavy atom. The van der Waals surface area contributed by atoms with E-state index in [0.29, 0.717) is 17.5 Å². The normalized spacial score (nSPS) is 13.3. The fourth-order valence-corrected chi connectivity index (χ4v) is 10.3. The number of para-hydroxylation sites is 1. The molecule has 0 fully saturated rings. The number of furan rings is 1. The van der Waals surface area contributed by atoms with Crippen molar-refractivity contribution in [2.75, 3.05) is 0 Å². The van der Waals surface area contributed by atoms with Gasteiger partial charge >= 0.3 is 0 Å². The molecule has 0 bridgehead atoms. The number of hydrogen-bond acceptors (Lipinski definition) is 4. The van der Waals surface area contributed by atoms with Crippen LogP contribution in [0.15, 0.2) is 180 Å². The zero-order valence-corrected chi connectivity index (χ0v) is 33.0. The smallest absolute Gasteiger partial charge is 0.164 e. The summed E-state index contributed by atoms with van der Waals surface area (Å²) in [4.78, 5) is 16.3. The second kappa shape index (κ2) is 12.2. The third kappa shape index (κ3) is 4.59. The second-order valence-electron chi connectivity index (χ2n) is 16.7. The van der Waals surface area contributed by atoms with Crippen LogP contribution in [-0.4, -0.2) is 15.0 Å². The molecule has 2 aromatic heterocycles. The minimum atomic E-state index is -0.269. The minimum absolute atomic E-state index is 0.269. The van der Waals surface area contributed by atoms with E-state index >= 15 is 0 Å². The fraction of sp³-hybridized carbons (Fsp3) is 0.0536. The van der Waals surface area contributed by atoms with E-state index in [1.54, 1.807) is 0 Å². The molecule has 0 saturated heterocycles. The van der Waals surface area contributed by atoms with Crippen LogP contribution in [0.1, 0.15) is 25.0 Å². The molecule has 0 saturated carbocycles. The molecular formula is C56H35N3O. The average molecular weight is 766 g/mol. The van der Waals surface area contributed by atoms with Gasteiger partial charge in [-0.15, -0.1) is 0 Å². The molecule has 4 nitrogen and oxygen atoms in total. The molecule has 1 aliphatic carbocycles. The summed E-state index contributed by atoms with van der Waals surface area (Å²) in [6.45, 7) is 4.62. The lowest BCUT2D eigenvalue weighted by Crippen LogP contribution is -2.15. The molecule has 13 rings (SSSR count). The lowest BCUT2D eigenvalue weighted by atomic mass is 9.81. The third-order valence-corrected chi connectivity index (χ3v) is 13.1. The summed E-state index contributed by atoms with van der Waals surface area (Å²) in [5.41, 5.74) is 9.12. The Bertz CT molecular complexity index is 3780. The van der Waals surface area contributed by atoms with Crippen molar-refractivity contribution in [2.45, 2.75) is 19.3 Å². The molecule has 280 valence electrons. The third-order valence-electron chi connectivity index (χ3n) is 13.1. The van der Waals surface area contributed by atoms with Crippen molar-refractivity contribution < 1.29 is 4.42 Å². The van der Waals surface area contributed by atoms with Gasteiger partial charge in [0.25, 0.3) is 0 Å². The first-order chi connectivity index (χ1) is 29.5. The van der Waals surface area contributed by atoms with Crippen LogP contribution in [0.2, 0.25) is 0 Å². The summed E-state index contributed by atoms with van der Waals surface area (Å²) >= 11 is 0. The Hall–Kier alpha value is -7.69. The van der Waals surface area contributed by atoms with Crippen molar-refractivity contribution >= 4 is 75.8 Å². The molecule has 0 aliphatic heterocycles. The van der Waals surface area contributed by atoms with Crippen LogP contribution in [0, 0.1) is 0 Å². The molecule has 0 radical (unpaired) electrons. The van der Waals surface area contributed by atoms with Gasteiger partial charge in [0.15, 0.2) is 17.5 Å². The van der Waals surface area contributed by atoms with Gasteiger partial charge in [-0.3, -0.25) is 0 Å². The Morgan fingerprint density at radius 1 is 0.383 bits per heavy atom. The van der Waals surface area contributed by atoms with Gasteiger partial charge in [0, 0.05) is 38.4 Å². The summed E-state index contributed by atoms with van der Waals surface area (Å²) < 4.78 is 6.88. The zero-order valence-electron chi connectivity index (χ0n) is 33.0. The van der Waals surface area contributed by atoms with E-state index in [1.807, 2.05) is 6.07 Å². The first kappa shape index (κ1) is 33.3. The van der Waals surface area contributed by atoms with E-state index in [4.69, 9.17) is 19.4 Å². The van der Waals surface area contributed by atoms with Crippen LogP contribution in [0.5, 0.6) is 0 Å². The van der Waals surface area contributed by atoms with Gasteiger partial charge in [-0.25, -0.2) is 15.0 Å². The Balaban J connectivity index is 1.14. The first-order valence-corrected chi connectivity index (χ1v) is 20.6. The molecule has 1 aliphatic rings.